The lowest BCUT2D eigenvalue weighted by Crippen LogP contribution is -2.46. The summed E-state index contributed by atoms with van der Waals surface area (Å²) in [7, 11) is 0. The second-order valence-corrected chi connectivity index (χ2v) is 10.2. The van der Waals surface area contributed by atoms with E-state index in [1.807, 2.05) is 27.8 Å². The molecule has 11 heteroatoms. The van der Waals surface area contributed by atoms with Crippen LogP contribution in [0.1, 0.15) is 43.8 Å². The van der Waals surface area contributed by atoms with Crippen molar-refractivity contribution in [3.8, 4) is 5.69 Å². The molecule has 1 aromatic heterocycles. The van der Waals surface area contributed by atoms with Crippen molar-refractivity contribution in [1.82, 2.24) is 19.9 Å². The molecule has 8 nitrogen and oxygen atoms in total. The molecule has 1 saturated heterocycles. The van der Waals surface area contributed by atoms with E-state index in [1.165, 1.54) is 12.1 Å². The molecule has 1 aliphatic heterocycles. The third-order valence-corrected chi connectivity index (χ3v) is 7.43. The van der Waals surface area contributed by atoms with E-state index in [1.54, 1.807) is 18.2 Å². The zero-order chi connectivity index (χ0) is 26.6. The molecule has 1 aliphatic rings. The average Bonchev–Trinajstić information content (AvgIpc) is 3.33. The van der Waals surface area contributed by atoms with Crippen LogP contribution in [0.3, 0.4) is 0 Å². The van der Waals surface area contributed by atoms with Gasteiger partial charge in [-0.2, -0.15) is 5.10 Å². The number of halogens is 3. The standard InChI is InChI=1S/C26H30Cl2FN7O/c1-26(2,17-4-9-21(27)22(28)14-17)23-15-32-24(36(23)19-7-5-18(29)6-8-19)16-37-20-10-12-35(13-11-20)25(33-30)34-31-3/h4-9,14-15,20H,3,10-13,16,30H2,1-2H3,(H,33,34). The Morgan fingerprint density at radius 1 is 1.19 bits per heavy atom. The highest BCUT2D eigenvalue weighted by Crippen LogP contribution is 2.37. The second-order valence-electron chi connectivity index (χ2n) is 9.35. The number of hydrogen-bond donors (Lipinski definition) is 2. The molecule has 0 aliphatic carbocycles. The van der Waals surface area contributed by atoms with Gasteiger partial charge < -0.3 is 15.5 Å². The zero-order valence-corrected chi connectivity index (χ0v) is 22.3. The van der Waals surface area contributed by atoms with Crippen LogP contribution in [0.15, 0.2) is 58.9 Å². The van der Waals surface area contributed by atoms with Gasteiger partial charge in [0.25, 0.3) is 0 Å². The third-order valence-electron chi connectivity index (χ3n) is 6.69. The largest absolute Gasteiger partial charge is 0.370 e. The van der Waals surface area contributed by atoms with Gasteiger partial charge in [0.2, 0.25) is 5.96 Å². The van der Waals surface area contributed by atoms with E-state index in [0.717, 1.165) is 35.6 Å². The van der Waals surface area contributed by atoms with Crippen molar-refractivity contribution < 1.29 is 9.13 Å². The fraction of sp³-hybridized carbons (Fsp3) is 0.346. The maximum atomic E-state index is 13.8. The molecule has 3 aromatic rings. The number of nitrogens with zero attached hydrogens (tertiary/aromatic N) is 5. The van der Waals surface area contributed by atoms with E-state index in [4.69, 9.17) is 38.8 Å². The highest BCUT2D eigenvalue weighted by atomic mass is 35.5. The summed E-state index contributed by atoms with van der Waals surface area (Å²) >= 11 is 12.5. The lowest BCUT2D eigenvalue weighted by atomic mass is 9.81. The topological polar surface area (TPSA) is 93.1 Å². The minimum atomic E-state index is -0.483. The summed E-state index contributed by atoms with van der Waals surface area (Å²) in [6.45, 7) is 9.32. The average molecular weight is 546 g/mol. The Labute approximate surface area is 225 Å². The SMILES string of the molecule is C=NNC(=NN)N1CCC(OCc2ncc(C(C)(C)c3ccc(Cl)c(Cl)c3)n2-c2ccc(F)cc2)CC1. The molecule has 0 radical (unpaired) electrons. The second kappa shape index (κ2) is 11.5. The number of aromatic nitrogens is 2. The van der Waals surface area contributed by atoms with E-state index < -0.39 is 5.41 Å². The molecule has 0 spiro atoms. The third kappa shape index (κ3) is 5.89. The molecule has 196 valence electrons. The molecular weight excluding hydrogens is 516 g/mol. The number of guanidine groups is 1. The lowest BCUT2D eigenvalue weighted by Gasteiger charge is -2.33. The van der Waals surface area contributed by atoms with Gasteiger partial charge in [-0.25, -0.2) is 14.8 Å². The van der Waals surface area contributed by atoms with Gasteiger partial charge in [0.05, 0.1) is 21.8 Å². The molecule has 4 rings (SSSR count). The summed E-state index contributed by atoms with van der Waals surface area (Å²) in [5.74, 6) is 6.35. The van der Waals surface area contributed by atoms with Crippen molar-refractivity contribution in [3.05, 3.63) is 81.6 Å². The first-order valence-electron chi connectivity index (χ1n) is 11.9. The smallest absolute Gasteiger partial charge is 0.236 e. The van der Waals surface area contributed by atoms with Crippen molar-refractivity contribution in [3.63, 3.8) is 0 Å². The summed E-state index contributed by atoms with van der Waals surface area (Å²) in [5, 5.41) is 8.35. The number of nitrogens with one attached hydrogen (secondary N) is 1. The van der Waals surface area contributed by atoms with Crippen LogP contribution >= 0.6 is 23.2 Å². The molecule has 2 heterocycles. The molecule has 0 atom stereocenters. The first kappa shape index (κ1) is 26.9. The number of rotatable bonds is 7. The molecule has 0 bridgehead atoms. The van der Waals surface area contributed by atoms with Gasteiger partial charge >= 0.3 is 0 Å². The van der Waals surface area contributed by atoms with Crippen LogP contribution in [0.5, 0.6) is 0 Å². The van der Waals surface area contributed by atoms with Gasteiger partial charge in [-0.15, -0.1) is 5.10 Å². The van der Waals surface area contributed by atoms with E-state index in [0.29, 0.717) is 35.7 Å². The Balaban J connectivity index is 1.58. The van der Waals surface area contributed by atoms with Gasteiger partial charge in [0, 0.05) is 37.1 Å². The van der Waals surface area contributed by atoms with Gasteiger partial charge in [-0.1, -0.05) is 43.1 Å². The Hall–Kier alpha value is -3.14. The van der Waals surface area contributed by atoms with Crippen LogP contribution in [-0.2, 0) is 16.8 Å². The molecule has 0 amide bonds. The number of benzene rings is 2. The summed E-state index contributed by atoms with van der Waals surface area (Å²) in [6.07, 6.45) is 3.45. The summed E-state index contributed by atoms with van der Waals surface area (Å²) in [4.78, 5) is 6.73. The van der Waals surface area contributed by atoms with Gasteiger partial charge in [0.15, 0.2) is 0 Å². The predicted molar refractivity (Wildman–Crippen MR) is 146 cm³/mol. The Bertz CT molecular complexity index is 1270. The van der Waals surface area contributed by atoms with Gasteiger partial charge in [-0.3, -0.25) is 4.57 Å². The molecule has 2 aromatic carbocycles. The molecule has 37 heavy (non-hydrogen) atoms. The van der Waals surface area contributed by atoms with Crippen LogP contribution in [0.2, 0.25) is 10.0 Å². The molecular formula is C26H30Cl2FN7O. The zero-order valence-electron chi connectivity index (χ0n) is 20.8. The van der Waals surface area contributed by atoms with E-state index >= 15 is 0 Å². The Kier molecular flexibility index (Phi) is 8.36. The summed E-state index contributed by atoms with van der Waals surface area (Å²) in [6, 6.07) is 12.0. The molecule has 3 N–H and O–H groups in total. The minimum Gasteiger partial charge on any atom is -0.370 e. The number of imidazole rings is 1. The number of piperidine rings is 1. The Morgan fingerprint density at radius 2 is 1.89 bits per heavy atom. The summed E-state index contributed by atoms with van der Waals surface area (Å²) < 4.78 is 22.1. The number of likely N-dealkylation sites (tertiary alicyclic amines) is 1. The van der Waals surface area contributed by atoms with E-state index in [9.17, 15) is 4.39 Å². The molecule has 0 saturated carbocycles. The van der Waals surface area contributed by atoms with Crippen LogP contribution in [0.4, 0.5) is 4.39 Å². The maximum absolute atomic E-state index is 13.8. The minimum absolute atomic E-state index is 0.0388. The fourth-order valence-electron chi connectivity index (χ4n) is 4.52. The van der Waals surface area contributed by atoms with Crippen LogP contribution in [-0.4, -0.2) is 46.3 Å². The highest BCUT2D eigenvalue weighted by Gasteiger charge is 2.30. The van der Waals surface area contributed by atoms with Gasteiger partial charge in [0.1, 0.15) is 18.2 Å². The van der Waals surface area contributed by atoms with Crippen molar-refractivity contribution in [1.29, 1.82) is 0 Å². The number of hydrogen-bond acceptors (Lipinski definition) is 5. The predicted octanol–water partition coefficient (Wildman–Crippen LogP) is 5.06. The van der Waals surface area contributed by atoms with Crippen molar-refractivity contribution >= 4 is 35.9 Å². The van der Waals surface area contributed by atoms with Crippen LogP contribution in [0.25, 0.3) is 5.69 Å². The van der Waals surface area contributed by atoms with Crippen molar-refractivity contribution in [2.75, 3.05) is 13.1 Å². The van der Waals surface area contributed by atoms with E-state index in [2.05, 4.69) is 36.2 Å². The lowest BCUT2D eigenvalue weighted by molar-refractivity contribution is 0.00431. The Morgan fingerprint density at radius 3 is 2.51 bits per heavy atom. The van der Waals surface area contributed by atoms with E-state index in [-0.39, 0.29) is 11.9 Å². The normalized spacial score (nSPS) is 15.2. The number of nitrogens with two attached hydrogens (primary N) is 1. The van der Waals surface area contributed by atoms with Crippen molar-refractivity contribution in [2.24, 2.45) is 16.0 Å². The highest BCUT2D eigenvalue weighted by molar-refractivity contribution is 6.42. The first-order chi connectivity index (χ1) is 17.7. The van der Waals surface area contributed by atoms with Crippen molar-refractivity contribution in [2.45, 2.75) is 44.8 Å². The number of hydrazone groups is 2. The monoisotopic (exact) mass is 545 g/mol. The number of ether oxygens (including phenoxy) is 1. The quantitative estimate of drug-likeness (QED) is 0.187. The summed E-state index contributed by atoms with van der Waals surface area (Å²) in [5.41, 5.74) is 4.91. The first-order valence-corrected chi connectivity index (χ1v) is 12.6. The van der Waals surface area contributed by atoms with Crippen LogP contribution < -0.4 is 11.3 Å². The van der Waals surface area contributed by atoms with Gasteiger partial charge in [-0.05, 0) is 54.8 Å². The van der Waals surface area contributed by atoms with Crippen LogP contribution in [0, 0.1) is 5.82 Å². The fourth-order valence-corrected chi connectivity index (χ4v) is 4.82. The molecule has 1 fully saturated rings. The maximum Gasteiger partial charge on any atom is 0.236 e. The molecule has 0 unspecified atom stereocenters.